The number of nitrogens with two attached hydrogens (primary N) is 1. The summed E-state index contributed by atoms with van der Waals surface area (Å²) < 4.78 is 1.07. The average Bonchev–Trinajstić information content (AvgIpc) is 2.40. The van der Waals surface area contributed by atoms with Gasteiger partial charge in [-0.3, -0.25) is 4.79 Å². The Labute approximate surface area is 121 Å². The fourth-order valence-corrected chi connectivity index (χ4v) is 4.12. The summed E-state index contributed by atoms with van der Waals surface area (Å²) in [7, 11) is 0. The van der Waals surface area contributed by atoms with Gasteiger partial charge in [0.05, 0.1) is 0 Å². The number of hydrogen-bond donors (Lipinski definition) is 1. The number of ketones is 1. The SMILES string of the molecule is NCCC(=O)c1ccc(C2CCSCC2)c(Br)c1. The molecule has 0 spiro atoms. The maximum absolute atomic E-state index is 11.8. The largest absolute Gasteiger partial charge is 0.330 e. The van der Waals surface area contributed by atoms with Gasteiger partial charge in [0.1, 0.15) is 0 Å². The van der Waals surface area contributed by atoms with Crippen LogP contribution in [0.5, 0.6) is 0 Å². The van der Waals surface area contributed by atoms with Crippen LogP contribution in [-0.2, 0) is 0 Å². The first-order chi connectivity index (χ1) is 8.72. The maximum Gasteiger partial charge on any atom is 0.164 e. The first-order valence-corrected chi connectivity index (χ1v) is 8.27. The Morgan fingerprint density at radius 2 is 2.11 bits per heavy atom. The van der Waals surface area contributed by atoms with E-state index in [1.54, 1.807) is 0 Å². The average molecular weight is 328 g/mol. The Morgan fingerprint density at radius 1 is 1.39 bits per heavy atom. The van der Waals surface area contributed by atoms with Gasteiger partial charge in [-0.25, -0.2) is 0 Å². The predicted octanol–water partition coefficient (Wildman–Crippen LogP) is 3.59. The Morgan fingerprint density at radius 3 is 2.72 bits per heavy atom. The highest BCUT2D eigenvalue weighted by atomic mass is 79.9. The Balaban J connectivity index is 2.16. The van der Waals surface area contributed by atoms with E-state index in [0.29, 0.717) is 18.9 Å². The van der Waals surface area contributed by atoms with E-state index in [1.165, 1.54) is 29.9 Å². The number of thioether (sulfide) groups is 1. The molecule has 1 aliphatic rings. The van der Waals surface area contributed by atoms with Gasteiger partial charge in [0.25, 0.3) is 0 Å². The molecule has 0 aromatic heterocycles. The van der Waals surface area contributed by atoms with Gasteiger partial charge in [0.15, 0.2) is 5.78 Å². The molecule has 18 heavy (non-hydrogen) atoms. The minimum atomic E-state index is 0.129. The van der Waals surface area contributed by atoms with Crippen molar-refractivity contribution in [2.75, 3.05) is 18.1 Å². The van der Waals surface area contributed by atoms with Gasteiger partial charge in [-0.1, -0.05) is 28.1 Å². The monoisotopic (exact) mass is 327 g/mol. The number of carbonyl (C=O) groups excluding carboxylic acids is 1. The van der Waals surface area contributed by atoms with Crippen molar-refractivity contribution in [2.45, 2.75) is 25.2 Å². The molecule has 0 saturated carbocycles. The van der Waals surface area contributed by atoms with Crippen LogP contribution in [0.2, 0.25) is 0 Å². The fraction of sp³-hybridized carbons (Fsp3) is 0.500. The summed E-state index contributed by atoms with van der Waals surface area (Å²) >= 11 is 5.64. The van der Waals surface area contributed by atoms with Gasteiger partial charge in [-0.15, -0.1) is 0 Å². The van der Waals surface area contributed by atoms with Gasteiger partial charge in [-0.05, 0) is 48.4 Å². The molecule has 0 bridgehead atoms. The molecule has 0 aliphatic carbocycles. The molecule has 0 amide bonds. The molecular formula is C14H18BrNOS. The van der Waals surface area contributed by atoms with Crippen LogP contribution in [0.15, 0.2) is 22.7 Å². The van der Waals surface area contributed by atoms with Crippen LogP contribution in [-0.4, -0.2) is 23.8 Å². The topological polar surface area (TPSA) is 43.1 Å². The van der Waals surface area contributed by atoms with Crippen molar-refractivity contribution in [2.24, 2.45) is 5.73 Å². The number of halogens is 1. The highest BCUT2D eigenvalue weighted by molar-refractivity contribution is 9.10. The van der Waals surface area contributed by atoms with Crippen molar-refractivity contribution in [1.82, 2.24) is 0 Å². The molecule has 4 heteroatoms. The van der Waals surface area contributed by atoms with Crippen molar-refractivity contribution in [3.8, 4) is 0 Å². The van der Waals surface area contributed by atoms with Crippen molar-refractivity contribution in [3.63, 3.8) is 0 Å². The molecule has 0 atom stereocenters. The predicted molar refractivity (Wildman–Crippen MR) is 81.4 cm³/mol. The van der Waals surface area contributed by atoms with Crippen molar-refractivity contribution in [3.05, 3.63) is 33.8 Å². The van der Waals surface area contributed by atoms with E-state index >= 15 is 0 Å². The van der Waals surface area contributed by atoms with E-state index in [4.69, 9.17) is 5.73 Å². The number of carbonyl (C=O) groups is 1. The molecule has 1 heterocycles. The Kier molecular flexibility index (Phi) is 5.27. The number of rotatable bonds is 4. The normalized spacial score (nSPS) is 16.8. The number of Topliss-reactive ketones (excluding diaryl/α,β-unsaturated/α-hetero) is 1. The van der Waals surface area contributed by atoms with Crippen molar-refractivity contribution >= 4 is 33.5 Å². The van der Waals surface area contributed by atoms with Crippen LogP contribution in [0.25, 0.3) is 0 Å². The smallest absolute Gasteiger partial charge is 0.164 e. The van der Waals surface area contributed by atoms with Gasteiger partial charge >= 0.3 is 0 Å². The van der Waals surface area contributed by atoms with E-state index in [0.717, 1.165) is 10.0 Å². The van der Waals surface area contributed by atoms with E-state index in [-0.39, 0.29) is 5.78 Å². The highest BCUT2D eigenvalue weighted by Crippen LogP contribution is 2.35. The lowest BCUT2D eigenvalue weighted by Crippen LogP contribution is -2.10. The summed E-state index contributed by atoms with van der Waals surface area (Å²) in [5.41, 5.74) is 7.53. The summed E-state index contributed by atoms with van der Waals surface area (Å²) in [6, 6.07) is 6.00. The minimum Gasteiger partial charge on any atom is -0.330 e. The molecule has 1 aliphatic heterocycles. The summed E-state index contributed by atoms with van der Waals surface area (Å²) in [6.07, 6.45) is 2.89. The van der Waals surface area contributed by atoms with E-state index in [9.17, 15) is 4.79 Å². The zero-order chi connectivity index (χ0) is 13.0. The molecule has 1 fully saturated rings. The molecule has 2 N–H and O–H groups in total. The third-order valence-corrected chi connectivity index (χ3v) is 5.09. The second kappa shape index (κ2) is 6.73. The fourth-order valence-electron chi connectivity index (χ4n) is 2.32. The van der Waals surface area contributed by atoms with Gasteiger partial charge < -0.3 is 5.73 Å². The summed E-state index contributed by atoms with van der Waals surface area (Å²) in [6.45, 7) is 0.415. The zero-order valence-electron chi connectivity index (χ0n) is 10.3. The molecule has 0 unspecified atom stereocenters. The third-order valence-electron chi connectivity index (χ3n) is 3.35. The molecule has 2 nitrogen and oxygen atoms in total. The van der Waals surface area contributed by atoms with Crippen molar-refractivity contribution in [1.29, 1.82) is 0 Å². The lowest BCUT2D eigenvalue weighted by Gasteiger charge is -2.23. The Hall–Kier alpha value is -0.320. The molecule has 98 valence electrons. The number of hydrogen-bond acceptors (Lipinski definition) is 3. The second-order valence-electron chi connectivity index (χ2n) is 4.58. The van der Waals surface area contributed by atoms with Crippen molar-refractivity contribution < 1.29 is 4.79 Å². The maximum atomic E-state index is 11.8. The molecule has 1 aromatic carbocycles. The van der Waals surface area contributed by atoms with E-state index in [2.05, 4.69) is 22.0 Å². The van der Waals surface area contributed by atoms with Gasteiger partial charge in [0, 0.05) is 16.5 Å². The standard InChI is InChI=1S/C14H18BrNOS/c15-13-9-11(14(17)3-6-16)1-2-12(13)10-4-7-18-8-5-10/h1-2,9-10H,3-8,16H2. The lowest BCUT2D eigenvalue weighted by atomic mass is 9.92. The molecular weight excluding hydrogens is 310 g/mol. The van der Waals surface area contributed by atoms with Gasteiger partial charge in [0.2, 0.25) is 0 Å². The number of benzene rings is 1. The summed E-state index contributed by atoms with van der Waals surface area (Å²) in [5, 5.41) is 0. The van der Waals surface area contributed by atoms with Crippen LogP contribution in [0.3, 0.4) is 0 Å². The molecule has 1 saturated heterocycles. The summed E-state index contributed by atoms with van der Waals surface area (Å²) in [5.74, 6) is 3.25. The van der Waals surface area contributed by atoms with Crippen LogP contribution in [0.4, 0.5) is 0 Å². The quantitative estimate of drug-likeness (QED) is 0.859. The second-order valence-corrected chi connectivity index (χ2v) is 6.66. The lowest BCUT2D eigenvalue weighted by molar-refractivity contribution is 0.0985. The minimum absolute atomic E-state index is 0.129. The van der Waals surface area contributed by atoms with E-state index in [1.807, 2.05) is 23.9 Å². The van der Waals surface area contributed by atoms with E-state index < -0.39 is 0 Å². The van der Waals surface area contributed by atoms with Crippen LogP contribution >= 0.6 is 27.7 Å². The Bertz CT molecular complexity index is 430. The molecule has 2 rings (SSSR count). The first kappa shape index (κ1) is 14.1. The van der Waals surface area contributed by atoms with Crippen LogP contribution in [0.1, 0.15) is 41.1 Å². The summed E-state index contributed by atoms with van der Waals surface area (Å²) in [4.78, 5) is 11.8. The third kappa shape index (κ3) is 3.37. The highest BCUT2D eigenvalue weighted by Gasteiger charge is 2.18. The molecule has 1 aromatic rings. The van der Waals surface area contributed by atoms with Crippen LogP contribution < -0.4 is 5.73 Å². The van der Waals surface area contributed by atoms with Gasteiger partial charge in [-0.2, -0.15) is 11.8 Å². The molecule has 0 radical (unpaired) electrons. The van der Waals surface area contributed by atoms with Crippen LogP contribution in [0, 0.1) is 0 Å². The zero-order valence-corrected chi connectivity index (χ0v) is 12.7. The first-order valence-electron chi connectivity index (χ1n) is 6.33.